The molecule has 0 heterocycles. The van der Waals surface area contributed by atoms with Gasteiger partial charge in [-0.3, -0.25) is 4.79 Å². The van der Waals surface area contributed by atoms with Gasteiger partial charge < -0.3 is 15.5 Å². The van der Waals surface area contributed by atoms with Gasteiger partial charge in [-0.15, -0.1) is 0 Å². The molecule has 0 aliphatic rings. The molecule has 0 radical (unpaired) electrons. The molecule has 0 spiro atoms. The standard InChI is InChI=1S/C73H139NO3/c1-3-5-7-9-11-13-15-17-19-21-23-25-27-29-31-33-35-36-37-38-39-41-43-45-47-49-51-53-55-57-59-61-63-65-67-69-73(77)74-71(70-75)72(76)68-66-64-62-60-58-56-54-52-50-48-46-44-42-40-34-32-30-28-26-24-22-20-18-16-14-12-10-8-6-4-2/h15,17,21,23,58,60,66,68,71-72,75-76H,3-14,16,18-20,22,24-57,59,61-65,67,69-70H2,1-2H3,(H,74,77)/b17-15-,23-21-,60-58+,68-66+. The lowest BCUT2D eigenvalue weighted by molar-refractivity contribution is -0.123. The lowest BCUT2D eigenvalue weighted by Crippen LogP contribution is -2.45. The van der Waals surface area contributed by atoms with Crippen molar-refractivity contribution in [3.05, 3.63) is 48.6 Å². The molecule has 0 fully saturated rings. The Morgan fingerprint density at radius 3 is 0.831 bits per heavy atom. The van der Waals surface area contributed by atoms with Crippen LogP contribution in [-0.4, -0.2) is 34.9 Å². The minimum absolute atomic E-state index is 0.0661. The number of hydrogen-bond acceptors (Lipinski definition) is 3. The summed E-state index contributed by atoms with van der Waals surface area (Å²) in [5.41, 5.74) is 0. The first-order valence-corrected chi connectivity index (χ1v) is 35.4. The lowest BCUT2D eigenvalue weighted by Gasteiger charge is -2.19. The third-order valence-electron chi connectivity index (χ3n) is 16.5. The van der Waals surface area contributed by atoms with Crippen molar-refractivity contribution in [3.8, 4) is 0 Å². The molecule has 4 heteroatoms. The highest BCUT2D eigenvalue weighted by atomic mass is 16.3. The Morgan fingerprint density at radius 2 is 0.545 bits per heavy atom. The molecule has 2 unspecified atom stereocenters. The quantitative estimate of drug-likeness (QED) is 0.0420. The van der Waals surface area contributed by atoms with E-state index in [9.17, 15) is 15.0 Å². The first-order chi connectivity index (χ1) is 38.2. The molecule has 0 aliphatic carbocycles. The maximum atomic E-state index is 12.5. The Balaban J connectivity index is 3.44. The third kappa shape index (κ3) is 65.0. The molecule has 2 atom stereocenters. The van der Waals surface area contributed by atoms with Gasteiger partial charge >= 0.3 is 0 Å². The lowest BCUT2D eigenvalue weighted by atomic mass is 10.0. The van der Waals surface area contributed by atoms with E-state index in [1.807, 2.05) is 6.08 Å². The van der Waals surface area contributed by atoms with Crippen molar-refractivity contribution in [2.75, 3.05) is 6.61 Å². The van der Waals surface area contributed by atoms with Crippen LogP contribution in [0.15, 0.2) is 48.6 Å². The van der Waals surface area contributed by atoms with E-state index in [1.54, 1.807) is 6.08 Å². The molecular weight excluding hydrogens is 939 g/mol. The van der Waals surface area contributed by atoms with Crippen molar-refractivity contribution < 1.29 is 15.0 Å². The van der Waals surface area contributed by atoms with Crippen LogP contribution in [0.25, 0.3) is 0 Å². The number of carbonyl (C=O) groups excluding carboxylic acids is 1. The Bertz CT molecular complexity index is 1220. The van der Waals surface area contributed by atoms with Crippen molar-refractivity contribution in [1.82, 2.24) is 5.32 Å². The molecule has 3 N–H and O–H groups in total. The Morgan fingerprint density at radius 1 is 0.312 bits per heavy atom. The fourth-order valence-corrected chi connectivity index (χ4v) is 11.2. The SMILES string of the molecule is CCCCCCC/C=C\C/C=C\CCCCCCCCCCCCCCCCCCCCCCCCCC(=O)NC(CO)C(O)/C=C/CC/C=C/CCCCCCCCCCCCCCCCCCCCCCCCCC. The number of aliphatic hydroxyl groups excluding tert-OH is 2. The van der Waals surface area contributed by atoms with Crippen LogP contribution in [0.2, 0.25) is 0 Å². The first-order valence-electron chi connectivity index (χ1n) is 35.4. The number of aliphatic hydroxyl groups is 2. The molecule has 454 valence electrons. The zero-order chi connectivity index (χ0) is 55.5. The van der Waals surface area contributed by atoms with Gasteiger partial charge in [-0.05, 0) is 64.2 Å². The fraction of sp³-hybridized carbons (Fsp3) is 0.877. The first kappa shape index (κ1) is 75.3. The predicted molar refractivity (Wildman–Crippen MR) is 345 cm³/mol. The molecule has 0 aromatic rings. The number of nitrogens with one attached hydrogen (secondary N) is 1. The average Bonchev–Trinajstić information content (AvgIpc) is 3.43. The summed E-state index contributed by atoms with van der Waals surface area (Å²) < 4.78 is 0. The number of allylic oxidation sites excluding steroid dienone is 7. The predicted octanol–water partition coefficient (Wildman–Crippen LogP) is 24.1. The summed E-state index contributed by atoms with van der Waals surface area (Å²) >= 11 is 0. The minimum atomic E-state index is -0.863. The number of carbonyl (C=O) groups is 1. The zero-order valence-electron chi connectivity index (χ0n) is 52.5. The second-order valence-electron chi connectivity index (χ2n) is 24.3. The van der Waals surface area contributed by atoms with Crippen molar-refractivity contribution in [2.45, 2.75) is 405 Å². The summed E-state index contributed by atoms with van der Waals surface area (Å²) in [6.07, 6.45) is 96.4. The highest BCUT2D eigenvalue weighted by Gasteiger charge is 2.18. The van der Waals surface area contributed by atoms with Crippen molar-refractivity contribution in [3.63, 3.8) is 0 Å². The van der Waals surface area contributed by atoms with Gasteiger partial charge in [-0.25, -0.2) is 0 Å². The van der Waals surface area contributed by atoms with Gasteiger partial charge in [0.2, 0.25) is 5.91 Å². The summed E-state index contributed by atoms with van der Waals surface area (Å²) in [6.45, 7) is 4.33. The molecule has 0 aliphatic heterocycles. The normalized spacial score (nSPS) is 12.9. The monoisotopic (exact) mass is 1080 g/mol. The summed E-state index contributed by atoms with van der Waals surface area (Å²) in [5, 5.41) is 23.3. The maximum Gasteiger partial charge on any atom is 0.220 e. The van der Waals surface area contributed by atoms with E-state index in [0.29, 0.717) is 6.42 Å². The topological polar surface area (TPSA) is 69.6 Å². The van der Waals surface area contributed by atoms with Crippen molar-refractivity contribution in [2.24, 2.45) is 0 Å². The van der Waals surface area contributed by atoms with Gasteiger partial charge in [-0.1, -0.05) is 371 Å². The third-order valence-corrected chi connectivity index (χ3v) is 16.5. The molecule has 0 bridgehead atoms. The number of rotatable bonds is 66. The molecule has 0 rings (SSSR count). The molecule has 4 nitrogen and oxygen atoms in total. The van der Waals surface area contributed by atoms with Crippen LogP contribution in [0.5, 0.6) is 0 Å². The molecular formula is C73H139NO3. The zero-order valence-corrected chi connectivity index (χ0v) is 52.5. The van der Waals surface area contributed by atoms with Gasteiger partial charge in [0.05, 0.1) is 18.8 Å². The molecule has 77 heavy (non-hydrogen) atoms. The summed E-state index contributed by atoms with van der Waals surface area (Å²) in [7, 11) is 0. The van der Waals surface area contributed by atoms with E-state index in [-0.39, 0.29) is 12.5 Å². The summed E-state index contributed by atoms with van der Waals surface area (Å²) in [5.74, 6) is -0.0661. The maximum absolute atomic E-state index is 12.5. The van der Waals surface area contributed by atoms with E-state index in [2.05, 4.69) is 55.6 Å². The van der Waals surface area contributed by atoms with Crippen LogP contribution in [-0.2, 0) is 4.79 Å². The highest BCUT2D eigenvalue weighted by Crippen LogP contribution is 2.19. The molecule has 0 saturated heterocycles. The van der Waals surface area contributed by atoms with E-state index >= 15 is 0 Å². The van der Waals surface area contributed by atoms with Crippen LogP contribution >= 0.6 is 0 Å². The van der Waals surface area contributed by atoms with E-state index in [4.69, 9.17) is 0 Å². The summed E-state index contributed by atoms with van der Waals surface area (Å²) in [6, 6.07) is -0.640. The molecule has 0 saturated carbocycles. The van der Waals surface area contributed by atoms with Crippen LogP contribution in [0.1, 0.15) is 393 Å². The Kier molecular flexibility index (Phi) is 67.2. The minimum Gasteiger partial charge on any atom is -0.394 e. The van der Waals surface area contributed by atoms with Crippen molar-refractivity contribution >= 4 is 5.91 Å². The molecule has 0 aromatic carbocycles. The second kappa shape index (κ2) is 68.6. The Labute approximate surface area is 484 Å². The van der Waals surface area contributed by atoms with Crippen molar-refractivity contribution in [1.29, 1.82) is 0 Å². The van der Waals surface area contributed by atoms with E-state index < -0.39 is 12.1 Å². The average molecular weight is 1080 g/mol. The van der Waals surface area contributed by atoms with Gasteiger partial charge in [0, 0.05) is 6.42 Å². The smallest absolute Gasteiger partial charge is 0.220 e. The van der Waals surface area contributed by atoms with E-state index in [1.165, 1.54) is 334 Å². The number of unbranched alkanes of at least 4 members (excludes halogenated alkanes) is 53. The largest absolute Gasteiger partial charge is 0.394 e. The number of amides is 1. The van der Waals surface area contributed by atoms with Crippen LogP contribution in [0.3, 0.4) is 0 Å². The summed E-state index contributed by atoms with van der Waals surface area (Å²) in [4.78, 5) is 12.5. The second-order valence-corrected chi connectivity index (χ2v) is 24.3. The molecule has 1 amide bonds. The van der Waals surface area contributed by atoms with E-state index in [0.717, 1.165) is 38.5 Å². The number of hydrogen-bond donors (Lipinski definition) is 3. The van der Waals surface area contributed by atoms with Gasteiger partial charge in [0.25, 0.3) is 0 Å². The van der Waals surface area contributed by atoms with Crippen LogP contribution < -0.4 is 5.32 Å². The van der Waals surface area contributed by atoms with Crippen LogP contribution in [0, 0.1) is 0 Å². The van der Waals surface area contributed by atoms with Gasteiger partial charge in [0.15, 0.2) is 0 Å². The molecule has 0 aromatic heterocycles. The Hall–Kier alpha value is -1.65. The highest BCUT2D eigenvalue weighted by molar-refractivity contribution is 5.76. The fourth-order valence-electron chi connectivity index (χ4n) is 11.2. The van der Waals surface area contributed by atoms with Gasteiger partial charge in [0.1, 0.15) is 0 Å². The van der Waals surface area contributed by atoms with Crippen LogP contribution in [0.4, 0.5) is 0 Å². The van der Waals surface area contributed by atoms with Gasteiger partial charge in [-0.2, -0.15) is 0 Å².